The van der Waals surface area contributed by atoms with Crippen molar-refractivity contribution >= 4 is 33.5 Å². The molecule has 108 valence electrons. The maximum atomic E-state index is 11.3. The maximum absolute atomic E-state index is 11.3. The van der Waals surface area contributed by atoms with Crippen LogP contribution in [0, 0.1) is 0 Å². The van der Waals surface area contributed by atoms with Crippen LogP contribution in [0.5, 0.6) is 5.75 Å². The van der Waals surface area contributed by atoms with E-state index < -0.39 is 15.8 Å². The van der Waals surface area contributed by atoms with Gasteiger partial charge in [-0.05, 0) is 30.2 Å². The van der Waals surface area contributed by atoms with E-state index in [1.165, 1.54) is 6.08 Å². The Bertz CT molecular complexity index is 651. The Kier molecular flexibility index (Phi) is 4.35. The average Bonchev–Trinajstić information content (AvgIpc) is 2.69. The van der Waals surface area contributed by atoms with Gasteiger partial charge in [0.2, 0.25) is 0 Å². The molecule has 0 bridgehead atoms. The number of benzene rings is 1. The predicted octanol–water partition coefficient (Wildman–Crippen LogP) is 2.00. The van der Waals surface area contributed by atoms with Gasteiger partial charge in [0.05, 0.1) is 16.5 Å². The summed E-state index contributed by atoms with van der Waals surface area (Å²) in [5.74, 6) is -0.502. The summed E-state index contributed by atoms with van der Waals surface area (Å²) in [4.78, 5) is 10.4. The van der Waals surface area contributed by atoms with Gasteiger partial charge >= 0.3 is 5.97 Å². The highest BCUT2D eigenvalue weighted by atomic mass is 35.5. The van der Waals surface area contributed by atoms with Crippen molar-refractivity contribution < 1.29 is 23.1 Å². The van der Waals surface area contributed by atoms with E-state index in [0.717, 1.165) is 6.08 Å². The second-order valence-corrected chi connectivity index (χ2v) is 7.14. The molecule has 2 rings (SSSR count). The van der Waals surface area contributed by atoms with Crippen molar-refractivity contribution in [2.75, 3.05) is 11.5 Å². The van der Waals surface area contributed by atoms with Crippen LogP contribution in [0.25, 0.3) is 6.08 Å². The molecule has 7 heteroatoms. The molecule has 1 heterocycles. The SMILES string of the molecule is O=C(O)C=Cc1ccc(OC2CCS(=O)(=O)C2)c(Cl)c1. The topological polar surface area (TPSA) is 80.7 Å². The van der Waals surface area contributed by atoms with Gasteiger partial charge in [-0.2, -0.15) is 0 Å². The third-order valence-electron chi connectivity index (χ3n) is 2.86. The summed E-state index contributed by atoms with van der Waals surface area (Å²) in [5.41, 5.74) is 0.629. The Morgan fingerprint density at radius 2 is 2.20 bits per heavy atom. The van der Waals surface area contributed by atoms with Crippen molar-refractivity contribution in [1.29, 1.82) is 0 Å². The highest BCUT2D eigenvalue weighted by Gasteiger charge is 2.29. The van der Waals surface area contributed by atoms with E-state index in [1.807, 2.05) is 0 Å². The molecule has 1 unspecified atom stereocenters. The molecule has 0 spiro atoms. The normalized spacial score (nSPS) is 21.1. The second kappa shape index (κ2) is 5.85. The van der Waals surface area contributed by atoms with Gasteiger partial charge < -0.3 is 9.84 Å². The van der Waals surface area contributed by atoms with E-state index in [-0.39, 0.29) is 17.6 Å². The number of aliphatic carboxylic acids is 1. The van der Waals surface area contributed by atoms with Crippen LogP contribution in [0.4, 0.5) is 0 Å². The first-order valence-electron chi connectivity index (χ1n) is 5.93. The van der Waals surface area contributed by atoms with E-state index in [9.17, 15) is 13.2 Å². The van der Waals surface area contributed by atoms with Crippen LogP contribution >= 0.6 is 11.6 Å². The van der Waals surface area contributed by atoms with Crippen molar-refractivity contribution in [3.63, 3.8) is 0 Å². The van der Waals surface area contributed by atoms with Crippen molar-refractivity contribution in [1.82, 2.24) is 0 Å². The van der Waals surface area contributed by atoms with E-state index in [1.54, 1.807) is 18.2 Å². The lowest BCUT2D eigenvalue weighted by Gasteiger charge is -2.13. The van der Waals surface area contributed by atoms with Crippen LogP contribution in [-0.2, 0) is 14.6 Å². The number of carboxylic acids is 1. The molecule has 1 aromatic rings. The Labute approximate surface area is 121 Å². The fourth-order valence-corrected chi connectivity index (χ4v) is 3.74. The summed E-state index contributed by atoms with van der Waals surface area (Å²) in [6, 6.07) is 4.83. The van der Waals surface area contributed by atoms with Crippen molar-refractivity contribution in [2.45, 2.75) is 12.5 Å². The van der Waals surface area contributed by atoms with E-state index in [0.29, 0.717) is 22.8 Å². The highest BCUT2D eigenvalue weighted by Crippen LogP contribution is 2.29. The number of carboxylic acid groups (broad SMARTS) is 1. The zero-order valence-corrected chi connectivity index (χ0v) is 12.0. The molecule has 5 nitrogen and oxygen atoms in total. The first-order chi connectivity index (χ1) is 9.35. The zero-order valence-electron chi connectivity index (χ0n) is 10.5. The molecule has 1 atom stereocenters. The molecule has 20 heavy (non-hydrogen) atoms. The Morgan fingerprint density at radius 1 is 1.45 bits per heavy atom. The Balaban J connectivity index is 2.09. The van der Waals surface area contributed by atoms with Gasteiger partial charge in [-0.25, -0.2) is 13.2 Å². The van der Waals surface area contributed by atoms with E-state index in [4.69, 9.17) is 21.4 Å². The van der Waals surface area contributed by atoms with E-state index in [2.05, 4.69) is 0 Å². The highest BCUT2D eigenvalue weighted by molar-refractivity contribution is 7.91. The van der Waals surface area contributed by atoms with Crippen LogP contribution in [-0.4, -0.2) is 37.1 Å². The zero-order chi connectivity index (χ0) is 14.8. The molecular weight excluding hydrogens is 304 g/mol. The second-order valence-electron chi connectivity index (χ2n) is 4.50. The molecule has 0 aliphatic carbocycles. The lowest BCUT2D eigenvalue weighted by Crippen LogP contribution is -2.17. The summed E-state index contributed by atoms with van der Waals surface area (Å²) in [6.07, 6.45) is 2.51. The number of carbonyl (C=O) groups is 1. The Hall–Kier alpha value is -1.53. The van der Waals surface area contributed by atoms with Gasteiger partial charge in [-0.1, -0.05) is 17.7 Å². The molecule has 0 radical (unpaired) electrons. The Morgan fingerprint density at radius 3 is 2.75 bits per heavy atom. The van der Waals surface area contributed by atoms with Gasteiger partial charge in [0, 0.05) is 6.08 Å². The minimum Gasteiger partial charge on any atom is -0.488 e. The molecule has 0 saturated carbocycles. The maximum Gasteiger partial charge on any atom is 0.328 e. The number of rotatable bonds is 4. The van der Waals surface area contributed by atoms with E-state index >= 15 is 0 Å². The third kappa shape index (κ3) is 3.98. The number of hydrogen-bond acceptors (Lipinski definition) is 4. The summed E-state index contributed by atoms with van der Waals surface area (Å²) in [5, 5.41) is 8.86. The first-order valence-corrected chi connectivity index (χ1v) is 8.13. The lowest BCUT2D eigenvalue weighted by atomic mass is 10.2. The largest absolute Gasteiger partial charge is 0.488 e. The summed E-state index contributed by atoms with van der Waals surface area (Å²) >= 11 is 6.04. The van der Waals surface area contributed by atoms with Crippen LogP contribution < -0.4 is 4.74 Å². The standard InChI is InChI=1S/C13H13ClO5S/c14-11-7-9(2-4-13(15)16)1-3-12(11)19-10-5-6-20(17,18)8-10/h1-4,7,10H,5-6,8H2,(H,15,16). The summed E-state index contributed by atoms with van der Waals surface area (Å²) in [6.45, 7) is 0. The lowest BCUT2D eigenvalue weighted by molar-refractivity contribution is -0.131. The van der Waals surface area contributed by atoms with Gasteiger partial charge in [-0.15, -0.1) is 0 Å². The quantitative estimate of drug-likeness (QED) is 0.859. The van der Waals surface area contributed by atoms with Crippen LogP contribution in [0.1, 0.15) is 12.0 Å². The molecule has 1 aliphatic heterocycles. The average molecular weight is 317 g/mol. The molecule has 1 saturated heterocycles. The molecule has 0 aromatic heterocycles. The number of sulfone groups is 1. The van der Waals surface area contributed by atoms with Gasteiger partial charge in [0.25, 0.3) is 0 Å². The molecule has 1 fully saturated rings. The molecule has 1 aliphatic rings. The smallest absolute Gasteiger partial charge is 0.328 e. The minimum absolute atomic E-state index is 0.00397. The van der Waals surface area contributed by atoms with Crippen LogP contribution in [0.2, 0.25) is 5.02 Å². The number of hydrogen-bond donors (Lipinski definition) is 1. The number of halogens is 1. The monoisotopic (exact) mass is 316 g/mol. The third-order valence-corrected chi connectivity index (χ3v) is 4.89. The van der Waals surface area contributed by atoms with Crippen LogP contribution in [0.3, 0.4) is 0 Å². The first kappa shape index (κ1) is 14.9. The summed E-state index contributed by atoms with van der Waals surface area (Å²) < 4.78 is 28.3. The fourth-order valence-electron chi connectivity index (χ4n) is 1.92. The summed E-state index contributed by atoms with van der Waals surface area (Å²) in [7, 11) is -3.00. The van der Waals surface area contributed by atoms with Crippen molar-refractivity contribution in [3.8, 4) is 5.75 Å². The van der Waals surface area contributed by atoms with Crippen LogP contribution in [0.15, 0.2) is 24.3 Å². The van der Waals surface area contributed by atoms with Crippen molar-refractivity contribution in [3.05, 3.63) is 34.9 Å². The van der Waals surface area contributed by atoms with Crippen molar-refractivity contribution in [2.24, 2.45) is 0 Å². The van der Waals surface area contributed by atoms with Gasteiger partial charge in [0.1, 0.15) is 11.9 Å². The fraction of sp³-hybridized carbons (Fsp3) is 0.308. The minimum atomic E-state index is -3.00. The molecule has 0 amide bonds. The molecular formula is C13H13ClO5S. The molecule has 1 aromatic carbocycles. The van der Waals surface area contributed by atoms with Gasteiger partial charge in [-0.3, -0.25) is 0 Å². The van der Waals surface area contributed by atoms with Gasteiger partial charge in [0.15, 0.2) is 9.84 Å². The number of ether oxygens (including phenoxy) is 1. The predicted molar refractivity (Wildman–Crippen MR) is 75.8 cm³/mol. The molecule has 1 N–H and O–H groups in total.